The molecular weight excluding hydrogens is 188 g/mol. The Hall–Kier alpha value is -1.32. The highest BCUT2D eigenvalue weighted by molar-refractivity contribution is 5.38. The van der Waals surface area contributed by atoms with Gasteiger partial charge in [0.25, 0.3) is 0 Å². The average molecular weight is 206 g/mol. The van der Waals surface area contributed by atoms with Gasteiger partial charge in [0, 0.05) is 5.56 Å². The molecule has 82 valence electrons. The standard InChI is InChI=1S/C12H18N2O/c1-9(2)8-11(14-13)10-6-4-5-7-12(10)15-3/h4-8,11,14H,13H2,1-3H3. The third-order valence-electron chi connectivity index (χ3n) is 2.15. The summed E-state index contributed by atoms with van der Waals surface area (Å²) < 4.78 is 5.28. The first-order chi connectivity index (χ1) is 7.19. The van der Waals surface area contributed by atoms with E-state index in [9.17, 15) is 0 Å². The zero-order chi connectivity index (χ0) is 11.3. The van der Waals surface area contributed by atoms with Gasteiger partial charge in [-0.15, -0.1) is 0 Å². The summed E-state index contributed by atoms with van der Waals surface area (Å²) in [5.41, 5.74) is 5.03. The quantitative estimate of drug-likeness (QED) is 0.451. The second-order valence-electron chi connectivity index (χ2n) is 3.63. The van der Waals surface area contributed by atoms with Crippen LogP contribution >= 0.6 is 0 Å². The van der Waals surface area contributed by atoms with E-state index in [1.807, 2.05) is 38.1 Å². The third-order valence-corrected chi connectivity index (χ3v) is 2.15. The summed E-state index contributed by atoms with van der Waals surface area (Å²) in [6, 6.07) is 7.84. The molecular formula is C12H18N2O. The molecule has 1 atom stereocenters. The predicted molar refractivity (Wildman–Crippen MR) is 62.5 cm³/mol. The maximum Gasteiger partial charge on any atom is 0.124 e. The Kier molecular flexibility index (Phi) is 4.34. The topological polar surface area (TPSA) is 47.3 Å². The lowest BCUT2D eigenvalue weighted by Crippen LogP contribution is -2.27. The van der Waals surface area contributed by atoms with Gasteiger partial charge in [0.15, 0.2) is 0 Å². The Morgan fingerprint density at radius 2 is 2.07 bits per heavy atom. The summed E-state index contributed by atoms with van der Waals surface area (Å²) in [5.74, 6) is 6.37. The van der Waals surface area contributed by atoms with Crippen molar-refractivity contribution < 1.29 is 4.74 Å². The van der Waals surface area contributed by atoms with Gasteiger partial charge in [-0.25, -0.2) is 5.43 Å². The fraction of sp³-hybridized carbons (Fsp3) is 0.333. The van der Waals surface area contributed by atoms with Crippen LogP contribution in [0.1, 0.15) is 25.5 Å². The van der Waals surface area contributed by atoms with Gasteiger partial charge in [-0.05, 0) is 19.9 Å². The van der Waals surface area contributed by atoms with Crippen LogP contribution in [0.15, 0.2) is 35.9 Å². The van der Waals surface area contributed by atoms with E-state index in [0.29, 0.717) is 0 Å². The number of allylic oxidation sites excluding steroid dienone is 1. The fourth-order valence-corrected chi connectivity index (χ4v) is 1.48. The molecule has 0 spiro atoms. The van der Waals surface area contributed by atoms with E-state index < -0.39 is 0 Å². The molecule has 0 radical (unpaired) electrons. The Morgan fingerprint density at radius 1 is 1.40 bits per heavy atom. The number of para-hydroxylation sites is 1. The summed E-state index contributed by atoms with van der Waals surface area (Å²) >= 11 is 0. The van der Waals surface area contributed by atoms with Crippen LogP contribution in [-0.4, -0.2) is 7.11 Å². The first-order valence-corrected chi connectivity index (χ1v) is 4.93. The predicted octanol–water partition coefficient (Wildman–Crippen LogP) is 2.17. The van der Waals surface area contributed by atoms with Gasteiger partial charge in [-0.1, -0.05) is 29.8 Å². The Bertz CT molecular complexity index is 343. The largest absolute Gasteiger partial charge is 0.496 e. The van der Waals surface area contributed by atoms with Crippen molar-refractivity contribution in [2.24, 2.45) is 5.84 Å². The molecule has 3 nitrogen and oxygen atoms in total. The van der Waals surface area contributed by atoms with Crippen molar-refractivity contribution in [1.82, 2.24) is 5.43 Å². The minimum Gasteiger partial charge on any atom is -0.496 e. The monoisotopic (exact) mass is 206 g/mol. The van der Waals surface area contributed by atoms with E-state index in [-0.39, 0.29) is 6.04 Å². The molecule has 3 heteroatoms. The summed E-state index contributed by atoms with van der Waals surface area (Å²) in [7, 11) is 1.66. The summed E-state index contributed by atoms with van der Waals surface area (Å²) in [5, 5.41) is 0. The number of nitrogens with two attached hydrogens (primary N) is 1. The summed E-state index contributed by atoms with van der Waals surface area (Å²) in [6.07, 6.45) is 2.07. The van der Waals surface area contributed by atoms with E-state index in [1.54, 1.807) is 7.11 Å². The highest BCUT2D eigenvalue weighted by atomic mass is 16.5. The highest BCUT2D eigenvalue weighted by Crippen LogP contribution is 2.25. The van der Waals surface area contributed by atoms with E-state index in [1.165, 1.54) is 5.57 Å². The molecule has 0 saturated heterocycles. The fourth-order valence-electron chi connectivity index (χ4n) is 1.48. The number of hydrogen-bond donors (Lipinski definition) is 2. The molecule has 3 N–H and O–H groups in total. The number of benzene rings is 1. The van der Waals surface area contributed by atoms with Gasteiger partial charge in [0.1, 0.15) is 5.75 Å². The molecule has 0 heterocycles. The van der Waals surface area contributed by atoms with Gasteiger partial charge in [0.2, 0.25) is 0 Å². The minimum absolute atomic E-state index is 0.00819. The number of methoxy groups -OCH3 is 1. The molecule has 1 aromatic carbocycles. The van der Waals surface area contributed by atoms with Gasteiger partial charge >= 0.3 is 0 Å². The van der Waals surface area contributed by atoms with Gasteiger partial charge in [-0.2, -0.15) is 0 Å². The molecule has 0 aromatic heterocycles. The Labute approximate surface area is 90.9 Å². The molecule has 0 aliphatic carbocycles. The van der Waals surface area contributed by atoms with Crippen LogP contribution in [0.5, 0.6) is 5.75 Å². The second-order valence-corrected chi connectivity index (χ2v) is 3.63. The molecule has 15 heavy (non-hydrogen) atoms. The van der Waals surface area contributed by atoms with Crippen molar-refractivity contribution in [1.29, 1.82) is 0 Å². The number of nitrogens with one attached hydrogen (secondary N) is 1. The maximum atomic E-state index is 5.53. The third kappa shape index (κ3) is 3.08. The summed E-state index contributed by atoms with van der Waals surface area (Å²) in [6.45, 7) is 4.08. The second kappa shape index (κ2) is 5.53. The minimum atomic E-state index is -0.00819. The molecule has 1 aromatic rings. The van der Waals surface area contributed by atoms with E-state index >= 15 is 0 Å². The number of hydrazine groups is 1. The molecule has 0 fully saturated rings. The molecule has 1 unspecified atom stereocenters. The molecule has 0 amide bonds. The van der Waals surface area contributed by atoms with E-state index in [0.717, 1.165) is 11.3 Å². The molecule has 0 saturated carbocycles. The van der Waals surface area contributed by atoms with Crippen molar-refractivity contribution in [2.75, 3.05) is 7.11 Å². The molecule has 0 aliphatic rings. The van der Waals surface area contributed by atoms with Crippen LogP contribution in [0.3, 0.4) is 0 Å². The smallest absolute Gasteiger partial charge is 0.124 e. The van der Waals surface area contributed by atoms with Crippen LogP contribution in [0.25, 0.3) is 0 Å². The molecule has 0 bridgehead atoms. The maximum absolute atomic E-state index is 5.53. The lowest BCUT2D eigenvalue weighted by molar-refractivity contribution is 0.405. The van der Waals surface area contributed by atoms with E-state index in [2.05, 4.69) is 11.5 Å². The Morgan fingerprint density at radius 3 is 2.60 bits per heavy atom. The molecule has 0 aliphatic heterocycles. The Balaban J connectivity index is 3.06. The van der Waals surface area contributed by atoms with Crippen LogP contribution in [0.2, 0.25) is 0 Å². The van der Waals surface area contributed by atoms with Crippen molar-refractivity contribution in [3.8, 4) is 5.75 Å². The lowest BCUT2D eigenvalue weighted by atomic mass is 10.0. The zero-order valence-corrected chi connectivity index (χ0v) is 9.45. The van der Waals surface area contributed by atoms with Crippen LogP contribution in [-0.2, 0) is 0 Å². The summed E-state index contributed by atoms with van der Waals surface area (Å²) in [4.78, 5) is 0. The van der Waals surface area contributed by atoms with Crippen LogP contribution < -0.4 is 16.0 Å². The first-order valence-electron chi connectivity index (χ1n) is 4.93. The van der Waals surface area contributed by atoms with Gasteiger partial charge in [0.05, 0.1) is 13.2 Å². The first kappa shape index (κ1) is 11.8. The van der Waals surface area contributed by atoms with Crippen molar-refractivity contribution in [3.63, 3.8) is 0 Å². The number of hydrogen-bond acceptors (Lipinski definition) is 3. The molecule has 1 rings (SSSR count). The normalized spacial score (nSPS) is 12.0. The zero-order valence-electron chi connectivity index (χ0n) is 9.45. The van der Waals surface area contributed by atoms with E-state index in [4.69, 9.17) is 10.6 Å². The highest BCUT2D eigenvalue weighted by Gasteiger charge is 2.10. The van der Waals surface area contributed by atoms with Crippen LogP contribution in [0.4, 0.5) is 0 Å². The lowest BCUT2D eigenvalue weighted by Gasteiger charge is -2.16. The number of ether oxygens (including phenoxy) is 1. The SMILES string of the molecule is COc1ccccc1C(C=C(C)C)NN. The van der Waals surface area contributed by atoms with Gasteiger partial charge < -0.3 is 4.74 Å². The van der Waals surface area contributed by atoms with Crippen molar-refractivity contribution >= 4 is 0 Å². The van der Waals surface area contributed by atoms with Crippen LogP contribution in [0, 0.1) is 0 Å². The van der Waals surface area contributed by atoms with Crippen molar-refractivity contribution in [2.45, 2.75) is 19.9 Å². The van der Waals surface area contributed by atoms with Gasteiger partial charge in [-0.3, -0.25) is 5.84 Å². The number of rotatable bonds is 4. The van der Waals surface area contributed by atoms with Crippen molar-refractivity contribution in [3.05, 3.63) is 41.5 Å². The average Bonchev–Trinajstić information content (AvgIpc) is 2.25.